The van der Waals surface area contributed by atoms with Crippen molar-refractivity contribution in [2.45, 2.75) is 13.3 Å². The third kappa shape index (κ3) is 2.68. The summed E-state index contributed by atoms with van der Waals surface area (Å²) in [7, 11) is -1.46. The van der Waals surface area contributed by atoms with Crippen LogP contribution in [0.3, 0.4) is 0 Å². The van der Waals surface area contributed by atoms with Crippen LogP contribution in [-0.4, -0.2) is 22.9 Å². The molecule has 68 valence electrons. The molecular formula is C9H11BO3. The highest BCUT2D eigenvalue weighted by Gasteiger charge is 2.12. The molecule has 3 nitrogen and oxygen atoms in total. The van der Waals surface area contributed by atoms with E-state index in [-0.39, 0.29) is 5.78 Å². The normalized spacial score (nSPS) is 15.9. The van der Waals surface area contributed by atoms with Gasteiger partial charge in [0.25, 0.3) is 0 Å². The zero-order valence-corrected chi connectivity index (χ0v) is 7.40. The van der Waals surface area contributed by atoms with E-state index in [0.29, 0.717) is 17.5 Å². The Morgan fingerprint density at radius 1 is 1.38 bits per heavy atom. The van der Waals surface area contributed by atoms with Crippen molar-refractivity contribution in [1.82, 2.24) is 0 Å². The van der Waals surface area contributed by atoms with Crippen LogP contribution in [0.25, 0.3) is 0 Å². The Balaban J connectivity index is 2.80. The maximum atomic E-state index is 11.0. The topological polar surface area (TPSA) is 57.5 Å². The van der Waals surface area contributed by atoms with Crippen molar-refractivity contribution in [3.8, 4) is 0 Å². The van der Waals surface area contributed by atoms with Gasteiger partial charge in [-0.3, -0.25) is 4.79 Å². The molecule has 2 N–H and O–H groups in total. The van der Waals surface area contributed by atoms with E-state index in [0.717, 1.165) is 0 Å². The highest BCUT2D eigenvalue weighted by Crippen LogP contribution is 2.11. The molecule has 0 heterocycles. The molecule has 0 spiro atoms. The number of Topliss-reactive ketones (excluding diaryl/α,β-unsaturated/α-hetero) is 1. The van der Waals surface area contributed by atoms with Crippen molar-refractivity contribution >= 4 is 12.9 Å². The molecule has 0 unspecified atom stereocenters. The van der Waals surface area contributed by atoms with Crippen molar-refractivity contribution in [2.75, 3.05) is 0 Å². The molecule has 0 saturated heterocycles. The van der Waals surface area contributed by atoms with E-state index >= 15 is 0 Å². The summed E-state index contributed by atoms with van der Waals surface area (Å²) in [6.07, 6.45) is 7.13. The molecule has 1 aliphatic carbocycles. The van der Waals surface area contributed by atoms with E-state index in [9.17, 15) is 4.79 Å². The van der Waals surface area contributed by atoms with Crippen LogP contribution in [0.2, 0.25) is 0 Å². The monoisotopic (exact) mass is 178 g/mol. The van der Waals surface area contributed by atoms with Gasteiger partial charge >= 0.3 is 7.12 Å². The zero-order valence-electron chi connectivity index (χ0n) is 7.40. The maximum absolute atomic E-state index is 11.0. The van der Waals surface area contributed by atoms with E-state index in [1.54, 1.807) is 24.3 Å². The number of allylic oxidation sites excluding steroid dienone is 6. The average Bonchev–Trinajstić information content (AvgIpc) is 2.27. The van der Waals surface area contributed by atoms with Crippen LogP contribution in [-0.2, 0) is 4.79 Å². The first-order valence-electron chi connectivity index (χ1n) is 4.06. The van der Waals surface area contributed by atoms with Gasteiger partial charge in [0.2, 0.25) is 0 Å². The second-order valence-electron chi connectivity index (χ2n) is 2.86. The first-order chi connectivity index (χ1) is 6.11. The molecule has 0 atom stereocenters. The van der Waals surface area contributed by atoms with Gasteiger partial charge in [0, 0.05) is 5.57 Å². The summed E-state index contributed by atoms with van der Waals surface area (Å²) in [6.45, 7) is 1.48. The van der Waals surface area contributed by atoms with Gasteiger partial charge in [0.15, 0.2) is 5.78 Å². The Morgan fingerprint density at radius 3 is 2.62 bits per heavy atom. The van der Waals surface area contributed by atoms with E-state index < -0.39 is 7.12 Å². The molecule has 1 rings (SSSR count). The van der Waals surface area contributed by atoms with Crippen LogP contribution >= 0.6 is 0 Å². The van der Waals surface area contributed by atoms with Crippen LogP contribution in [0.15, 0.2) is 35.3 Å². The van der Waals surface area contributed by atoms with Gasteiger partial charge < -0.3 is 10.0 Å². The van der Waals surface area contributed by atoms with E-state index in [4.69, 9.17) is 10.0 Å². The summed E-state index contributed by atoms with van der Waals surface area (Å²) in [5.74, 6) is -0.0154. The molecule has 0 saturated carbocycles. The minimum Gasteiger partial charge on any atom is -0.423 e. The number of carbonyl (C=O) groups is 1. The summed E-state index contributed by atoms with van der Waals surface area (Å²) in [6, 6.07) is 0. The van der Waals surface area contributed by atoms with E-state index in [1.807, 2.05) is 0 Å². The Hall–Kier alpha value is -1.13. The zero-order chi connectivity index (χ0) is 9.84. The van der Waals surface area contributed by atoms with Crippen LogP contribution < -0.4 is 0 Å². The number of hydrogen-bond donors (Lipinski definition) is 2. The van der Waals surface area contributed by atoms with Crippen molar-refractivity contribution in [1.29, 1.82) is 0 Å². The first kappa shape index (κ1) is 9.96. The fourth-order valence-electron chi connectivity index (χ4n) is 1.10. The molecule has 4 heteroatoms. The fraction of sp³-hybridized carbons (Fsp3) is 0.222. The fourth-order valence-corrected chi connectivity index (χ4v) is 1.10. The van der Waals surface area contributed by atoms with Gasteiger partial charge in [-0.25, -0.2) is 0 Å². The highest BCUT2D eigenvalue weighted by atomic mass is 16.4. The smallest absolute Gasteiger partial charge is 0.423 e. The van der Waals surface area contributed by atoms with Gasteiger partial charge in [0.05, 0.1) is 0 Å². The molecule has 1 aliphatic rings. The number of hydrogen-bond acceptors (Lipinski definition) is 3. The third-order valence-corrected chi connectivity index (χ3v) is 1.85. The molecule has 0 amide bonds. The molecule has 0 aromatic carbocycles. The lowest BCUT2D eigenvalue weighted by molar-refractivity contribution is -0.113. The van der Waals surface area contributed by atoms with E-state index in [2.05, 4.69) is 0 Å². The summed E-state index contributed by atoms with van der Waals surface area (Å²) in [5, 5.41) is 17.7. The molecule has 0 aromatic heterocycles. The standard InChI is InChI=1S/C9H11BO3/c1-7(11)8-3-2-4-9(6-5-8)10(12)13/h3-6,12-13H,2H2,1H3. The molecular weight excluding hydrogens is 167 g/mol. The molecule has 0 bridgehead atoms. The van der Waals surface area contributed by atoms with Gasteiger partial charge in [-0.1, -0.05) is 24.3 Å². The lowest BCUT2D eigenvalue weighted by Gasteiger charge is -1.96. The summed E-state index contributed by atoms with van der Waals surface area (Å²) < 4.78 is 0. The van der Waals surface area contributed by atoms with E-state index in [1.165, 1.54) is 6.92 Å². The second-order valence-corrected chi connectivity index (χ2v) is 2.86. The average molecular weight is 178 g/mol. The van der Waals surface area contributed by atoms with Gasteiger partial charge in [-0.05, 0) is 18.8 Å². The second kappa shape index (κ2) is 4.21. The molecule has 0 fully saturated rings. The van der Waals surface area contributed by atoms with Gasteiger partial charge in [-0.15, -0.1) is 0 Å². The largest absolute Gasteiger partial charge is 0.488 e. The number of carbonyl (C=O) groups excluding carboxylic acids is 1. The molecule has 0 radical (unpaired) electrons. The minimum absolute atomic E-state index is 0.0154. The van der Waals surface area contributed by atoms with Crippen molar-refractivity contribution in [3.05, 3.63) is 35.3 Å². The van der Waals surface area contributed by atoms with Crippen LogP contribution in [0.5, 0.6) is 0 Å². The quantitative estimate of drug-likeness (QED) is 0.601. The third-order valence-electron chi connectivity index (χ3n) is 1.85. The maximum Gasteiger partial charge on any atom is 0.488 e. The SMILES string of the molecule is CC(=O)C1=CCC=C(B(O)O)C=C1. The predicted molar refractivity (Wildman–Crippen MR) is 50.8 cm³/mol. The van der Waals surface area contributed by atoms with Crippen molar-refractivity contribution in [2.24, 2.45) is 0 Å². The van der Waals surface area contributed by atoms with Gasteiger partial charge in [0.1, 0.15) is 0 Å². The summed E-state index contributed by atoms with van der Waals surface area (Å²) in [5.41, 5.74) is 1.03. The Kier molecular flexibility index (Phi) is 3.22. The molecule has 0 aliphatic heterocycles. The predicted octanol–water partition coefficient (Wildman–Crippen LogP) is 0.400. The van der Waals surface area contributed by atoms with Gasteiger partial charge in [-0.2, -0.15) is 0 Å². The highest BCUT2D eigenvalue weighted by molar-refractivity contribution is 6.51. The number of ketones is 1. The Morgan fingerprint density at radius 2 is 2.08 bits per heavy atom. The minimum atomic E-state index is -1.46. The Labute approximate surface area is 77.2 Å². The molecule has 13 heavy (non-hydrogen) atoms. The lowest BCUT2D eigenvalue weighted by atomic mass is 9.79. The van der Waals surface area contributed by atoms with Crippen LogP contribution in [0, 0.1) is 0 Å². The van der Waals surface area contributed by atoms with Crippen molar-refractivity contribution < 1.29 is 14.8 Å². The van der Waals surface area contributed by atoms with Crippen molar-refractivity contribution in [3.63, 3.8) is 0 Å². The summed E-state index contributed by atoms with van der Waals surface area (Å²) >= 11 is 0. The first-order valence-corrected chi connectivity index (χ1v) is 4.06. The number of rotatable bonds is 2. The van der Waals surface area contributed by atoms with Crippen LogP contribution in [0.1, 0.15) is 13.3 Å². The summed E-state index contributed by atoms with van der Waals surface area (Å²) in [4.78, 5) is 11.0. The molecule has 0 aromatic rings. The lowest BCUT2D eigenvalue weighted by Crippen LogP contribution is -2.13. The Bertz CT molecular complexity index is 300. The van der Waals surface area contributed by atoms with Crippen LogP contribution in [0.4, 0.5) is 0 Å².